The van der Waals surface area contributed by atoms with Crippen molar-refractivity contribution in [3.63, 3.8) is 0 Å². The number of ether oxygens (including phenoxy) is 1. The van der Waals surface area contributed by atoms with Gasteiger partial charge in [0.05, 0.1) is 6.61 Å². The summed E-state index contributed by atoms with van der Waals surface area (Å²) in [7, 11) is 0. The van der Waals surface area contributed by atoms with Gasteiger partial charge >= 0.3 is 5.97 Å². The van der Waals surface area contributed by atoms with Crippen LogP contribution in [0.15, 0.2) is 58.2 Å². The zero-order chi connectivity index (χ0) is 22.8. The molecule has 0 aliphatic rings. The summed E-state index contributed by atoms with van der Waals surface area (Å²) in [5.41, 5.74) is 6.48. The highest BCUT2D eigenvalue weighted by molar-refractivity contribution is 5.88. The van der Waals surface area contributed by atoms with E-state index in [4.69, 9.17) is 4.74 Å². The van der Waals surface area contributed by atoms with Crippen molar-refractivity contribution in [3.8, 4) is 0 Å². The summed E-state index contributed by atoms with van der Waals surface area (Å²) in [4.78, 5) is 12.1. The van der Waals surface area contributed by atoms with Gasteiger partial charge in [-0.1, -0.05) is 66.0 Å². The topological polar surface area (TPSA) is 26.3 Å². The quantitative estimate of drug-likeness (QED) is 0.152. The van der Waals surface area contributed by atoms with Crippen LogP contribution in [0.25, 0.3) is 0 Å². The lowest BCUT2D eigenvalue weighted by Gasteiger charge is -2.06. The van der Waals surface area contributed by atoms with E-state index in [1.807, 2.05) is 13.0 Å². The van der Waals surface area contributed by atoms with E-state index in [1.165, 1.54) is 28.7 Å². The number of carbonyl (C=O) groups excluding carboxylic acids is 1. The van der Waals surface area contributed by atoms with E-state index in [-0.39, 0.29) is 5.97 Å². The van der Waals surface area contributed by atoms with Gasteiger partial charge in [0, 0.05) is 5.57 Å². The maximum atomic E-state index is 12.1. The van der Waals surface area contributed by atoms with Gasteiger partial charge in [-0.3, -0.25) is 0 Å². The molecule has 0 unspecified atom stereocenters. The Labute approximate surface area is 186 Å². The molecule has 170 valence electrons. The molecule has 0 amide bonds. The zero-order valence-corrected chi connectivity index (χ0v) is 20.8. The third-order valence-corrected chi connectivity index (χ3v) is 5.04. The number of hydrogen-bond acceptors (Lipinski definition) is 2. The van der Waals surface area contributed by atoms with E-state index in [2.05, 4.69) is 65.8 Å². The average molecular weight is 415 g/mol. The Balaban J connectivity index is 4.41. The summed E-state index contributed by atoms with van der Waals surface area (Å²) in [6, 6.07) is 0. The molecule has 0 radical (unpaired) electrons. The maximum absolute atomic E-state index is 12.1. The predicted octanol–water partition coefficient (Wildman–Crippen LogP) is 8.81. The minimum Gasteiger partial charge on any atom is -0.463 e. The Morgan fingerprint density at radius 2 is 1.17 bits per heavy atom. The van der Waals surface area contributed by atoms with Crippen LogP contribution in [0, 0.1) is 0 Å². The molecule has 2 nitrogen and oxygen atoms in total. The van der Waals surface area contributed by atoms with E-state index < -0.39 is 0 Å². The molecule has 0 aromatic carbocycles. The summed E-state index contributed by atoms with van der Waals surface area (Å²) >= 11 is 0. The molecular formula is C28H46O2. The van der Waals surface area contributed by atoms with Crippen LogP contribution < -0.4 is 0 Å². The number of hydrogen-bond donors (Lipinski definition) is 0. The molecule has 2 heteroatoms. The molecule has 0 atom stereocenters. The molecular weight excluding hydrogens is 368 g/mol. The van der Waals surface area contributed by atoms with Crippen LogP contribution in [0.4, 0.5) is 0 Å². The summed E-state index contributed by atoms with van der Waals surface area (Å²) in [5, 5.41) is 0. The molecule has 0 saturated heterocycles. The molecule has 0 bridgehead atoms. The van der Waals surface area contributed by atoms with Gasteiger partial charge in [-0.2, -0.15) is 0 Å². The first-order valence-corrected chi connectivity index (χ1v) is 11.8. The molecule has 0 heterocycles. The molecule has 0 rings (SSSR count). The molecule has 30 heavy (non-hydrogen) atoms. The lowest BCUT2D eigenvalue weighted by molar-refractivity contribution is -0.138. The van der Waals surface area contributed by atoms with E-state index in [0.29, 0.717) is 13.0 Å². The van der Waals surface area contributed by atoms with Gasteiger partial charge in [0.25, 0.3) is 0 Å². The van der Waals surface area contributed by atoms with Crippen molar-refractivity contribution < 1.29 is 9.53 Å². The molecule has 0 N–H and O–H groups in total. The molecule has 0 aromatic rings. The Morgan fingerprint density at radius 3 is 1.63 bits per heavy atom. The van der Waals surface area contributed by atoms with Crippen molar-refractivity contribution in [1.29, 1.82) is 0 Å². The standard InChI is InChI=1S/C28H46O2/c1-8-10-20-27(28(29)30-9-2)22-21-26(7)19-13-18-25(6)17-12-16-24(5)15-11-14-23(3)4/h14,16,18,20-21H,8-13,15,17,19,22H2,1-7H3. The minimum absolute atomic E-state index is 0.171. The van der Waals surface area contributed by atoms with Crippen molar-refractivity contribution in [1.82, 2.24) is 0 Å². The van der Waals surface area contributed by atoms with Gasteiger partial charge in [0.2, 0.25) is 0 Å². The smallest absolute Gasteiger partial charge is 0.333 e. The average Bonchev–Trinajstić information content (AvgIpc) is 2.67. The third kappa shape index (κ3) is 16.0. The van der Waals surface area contributed by atoms with Gasteiger partial charge in [-0.15, -0.1) is 0 Å². The lowest BCUT2D eigenvalue weighted by atomic mass is 10.0. The first-order valence-electron chi connectivity index (χ1n) is 11.8. The predicted molar refractivity (Wildman–Crippen MR) is 133 cm³/mol. The first kappa shape index (κ1) is 28.2. The fraction of sp³-hybridized carbons (Fsp3) is 0.607. The first-order chi connectivity index (χ1) is 14.3. The second-order valence-electron chi connectivity index (χ2n) is 8.49. The highest BCUT2D eigenvalue weighted by Crippen LogP contribution is 2.15. The van der Waals surface area contributed by atoms with E-state index in [1.54, 1.807) is 0 Å². The molecule has 0 aliphatic carbocycles. The largest absolute Gasteiger partial charge is 0.463 e. The maximum Gasteiger partial charge on any atom is 0.333 e. The van der Waals surface area contributed by atoms with Crippen molar-refractivity contribution >= 4 is 5.97 Å². The number of carbonyl (C=O) groups is 1. The second-order valence-corrected chi connectivity index (χ2v) is 8.49. The number of rotatable bonds is 15. The van der Waals surface area contributed by atoms with Crippen molar-refractivity contribution in [2.45, 2.75) is 106 Å². The van der Waals surface area contributed by atoms with Crippen molar-refractivity contribution in [3.05, 3.63) is 58.2 Å². The highest BCUT2D eigenvalue weighted by atomic mass is 16.5. The molecule has 0 saturated carbocycles. The summed E-state index contributed by atoms with van der Waals surface area (Å²) in [5.74, 6) is -0.171. The van der Waals surface area contributed by atoms with E-state index >= 15 is 0 Å². The summed E-state index contributed by atoms with van der Waals surface area (Å²) in [6.45, 7) is 15.4. The Bertz CT molecular complexity index is 638. The van der Waals surface area contributed by atoms with Crippen LogP contribution in [-0.2, 0) is 9.53 Å². The number of esters is 1. The SMILES string of the molecule is CCCC=C(CC=C(C)CCC=C(C)CCC=C(C)CCC=C(C)C)C(=O)OCC. The van der Waals surface area contributed by atoms with Crippen LogP contribution in [0.1, 0.15) is 106 Å². The van der Waals surface area contributed by atoms with Gasteiger partial charge in [-0.25, -0.2) is 4.79 Å². The summed E-state index contributed by atoms with van der Waals surface area (Å²) in [6.07, 6.45) is 20.6. The van der Waals surface area contributed by atoms with Gasteiger partial charge < -0.3 is 4.74 Å². The Kier molecular flexibility index (Phi) is 16.9. The van der Waals surface area contributed by atoms with Crippen LogP contribution in [0.2, 0.25) is 0 Å². The normalized spacial score (nSPS) is 13.4. The zero-order valence-electron chi connectivity index (χ0n) is 20.8. The van der Waals surface area contributed by atoms with Gasteiger partial charge in [-0.05, 0) is 92.9 Å². The number of allylic oxidation sites excluding steroid dienone is 9. The van der Waals surface area contributed by atoms with Gasteiger partial charge in [0.1, 0.15) is 0 Å². The van der Waals surface area contributed by atoms with Crippen LogP contribution in [0.5, 0.6) is 0 Å². The Morgan fingerprint density at radius 1 is 0.667 bits per heavy atom. The number of unbranched alkanes of at least 4 members (excludes halogenated alkanes) is 1. The van der Waals surface area contributed by atoms with Crippen LogP contribution in [-0.4, -0.2) is 12.6 Å². The van der Waals surface area contributed by atoms with Crippen molar-refractivity contribution in [2.75, 3.05) is 6.61 Å². The lowest BCUT2D eigenvalue weighted by Crippen LogP contribution is -2.07. The molecule has 0 aliphatic heterocycles. The monoisotopic (exact) mass is 414 g/mol. The fourth-order valence-corrected chi connectivity index (χ4v) is 3.06. The van der Waals surface area contributed by atoms with Crippen molar-refractivity contribution in [2.24, 2.45) is 0 Å². The molecule has 0 aromatic heterocycles. The highest BCUT2D eigenvalue weighted by Gasteiger charge is 2.08. The minimum atomic E-state index is -0.171. The Hall–Kier alpha value is -1.83. The fourth-order valence-electron chi connectivity index (χ4n) is 3.06. The summed E-state index contributed by atoms with van der Waals surface area (Å²) < 4.78 is 5.18. The molecule has 0 fully saturated rings. The van der Waals surface area contributed by atoms with Crippen LogP contribution in [0.3, 0.4) is 0 Å². The van der Waals surface area contributed by atoms with E-state index in [9.17, 15) is 4.79 Å². The van der Waals surface area contributed by atoms with E-state index in [0.717, 1.165) is 50.5 Å². The van der Waals surface area contributed by atoms with Gasteiger partial charge in [0.15, 0.2) is 0 Å². The molecule has 0 spiro atoms. The second kappa shape index (κ2) is 18.0. The third-order valence-electron chi connectivity index (χ3n) is 5.04. The van der Waals surface area contributed by atoms with Crippen LogP contribution >= 0.6 is 0 Å².